The van der Waals surface area contributed by atoms with Crippen LogP contribution in [0.2, 0.25) is 0 Å². The van der Waals surface area contributed by atoms with E-state index in [1.54, 1.807) is 20.8 Å². The van der Waals surface area contributed by atoms with Crippen LogP contribution in [0.25, 0.3) is 0 Å². The molecule has 1 N–H and O–H groups in total. The van der Waals surface area contributed by atoms with Crippen LogP contribution >= 0.6 is 0 Å². The van der Waals surface area contributed by atoms with Gasteiger partial charge in [-0.2, -0.15) is 0 Å². The summed E-state index contributed by atoms with van der Waals surface area (Å²) in [7, 11) is 3.07. The highest BCUT2D eigenvalue weighted by molar-refractivity contribution is 5.83. The third-order valence-corrected chi connectivity index (χ3v) is 12.6. The molecule has 0 aliphatic carbocycles. The van der Waals surface area contributed by atoms with E-state index in [9.17, 15) is 24.3 Å². The number of carbonyl (C=O) groups excluding carboxylic acids is 4. The van der Waals surface area contributed by atoms with Gasteiger partial charge >= 0.3 is 17.9 Å². The standard InChI is InChI=1S/C42H72O14/c1-16-20(2)35-25(7)37(52-29(11)43)24(6)33(45)21(3)17-22(4)36(56-41-34(46)31(48-14)18-23(5)50-41)26(8)38(27(9)40(47)55-35)54-32-19-42(13,49-15)39(28(10)51-32)53-30(12)44/h20-28,31-32,34-39,41,46H,16-19H2,1-15H3/t20-,21+,22-,23+,24-,25-,26+,27+,28-,31-,32-,34+,35?,36-,37+,38-,39+,41-,42+/m0/s1. The second kappa shape index (κ2) is 20.7. The normalized spacial score (nSPS) is 43.9. The third kappa shape index (κ3) is 11.5. The Morgan fingerprint density at radius 1 is 0.857 bits per heavy atom. The maximum Gasteiger partial charge on any atom is 0.311 e. The number of hydrogen-bond donors (Lipinski definition) is 1. The molecule has 56 heavy (non-hydrogen) atoms. The Labute approximate surface area is 334 Å². The Kier molecular flexibility index (Phi) is 17.8. The van der Waals surface area contributed by atoms with E-state index >= 15 is 0 Å². The van der Waals surface area contributed by atoms with E-state index in [2.05, 4.69) is 0 Å². The predicted molar refractivity (Wildman–Crippen MR) is 205 cm³/mol. The SMILES string of the molecule is CC[C@H](C)C1OC(=O)[C@H](C)[C@@H](O[C@H]2C[C@@](C)(OC)[C@H](OC(C)=O)[C@H](C)O2)[C@H](C)[C@@H](O[C@@H]2O[C@H](C)C[C@H](OC)[C@H]2O)[C@@H](C)C[C@@H](C)C(=O)[C@H](C)[C@@H](OC(C)=O)[C@H]1C. The molecule has 3 aliphatic rings. The molecule has 0 radical (unpaired) electrons. The largest absolute Gasteiger partial charge is 0.461 e. The van der Waals surface area contributed by atoms with Crippen molar-refractivity contribution in [1.82, 2.24) is 0 Å². The van der Waals surface area contributed by atoms with E-state index in [1.807, 2.05) is 55.4 Å². The molecule has 0 amide bonds. The van der Waals surface area contributed by atoms with Crippen LogP contribution in [0.5, 0.6) is 0 Å². The van der Waals surface area contributed by atoms with Crippen LogP contribution in [-0.4, -0.2) is 116 Å². The average molecular weight is 801 g/mol. The molecule has 3 saturated heterocycles. The number of aliphatic hydroxyl groups excluding tert-OH is 1. The van der Waals surface area contributed by atoms with E-state index < -0.39 is 115 Å². The van der Waals surface area contributed by atoms with Gasteiger partial charge in [-0.15, -0.1) is 0 Å². The van der Waals surface area contributed by atoms with Crippen molar-refractivity contribution < 1.29 is 66.9 Å². The summed E-state index contributed by atoms with van der Waals surface area (Å²) < 4.78 is 55.6. The second-order valence-electron chi connectivity index (χ2n) is 17.2. The number of carbonyl (C=O) groups is 4. The van der Waals surface area contributed by atoms with Crippen molar-refractivity contribution in [2.45, 2.75) is 189 Å². The molecule has 0 aromatic heterocycles. The lowest BCUT2D eigenvalue weighted by Crippen LogP contribution is -2.59. The van der Waals surface area contributed by atoms with Crippen LogP contribution in [0.3, 0.4) is 0 Å². The fourth-order valence-electron chi connectivity index (χ4n) is 9.14. The smallest absolute Gasteiger partial charge is 0.311 e. The number of esters is 3. The summed E-state index contributed by atoms with van der Waals surface area (Å²) >= 11 is 0. The number of hydrogen-bond acceptors (Lipinski definition) is 14. The minimum absolute atomic E-state index is 0.0957. The molecular formula is C42H72O14. The Hall–Kier alpha value is -2.20. The molecule has 324 valence electrons. The van der Waals surface area contributed by atoms with E-state index in [1.165, 1.54) is 28.1 Å². The van der Waals surface area contributed by atoms with E-state index in [0.29, 0.717) is 19.3 Å². The third-order valence-electron chi connectivity index (χ3n) is 12.6. The summed E-state index contributed by atoms with van der Waals surface area (Å²) in [4.78, 5) is 53.3. The first-order valence-corrected chi connectivity index (χ1v) is 20.6. The van der Waals surface area contributed by atoms with Gasteiger partial charge in [0, 0.05) is 58.7 Å². The van der Waals surface area contributed by atoms with E-state index in [-0.39, 0.29) is 30.1 Å². The summed E-state index contributed by atoms with van der Waals surface area (Å²) in [5.41, 5.74) is -0.994. The van der Waals surface area contributed by atoms with Crippen LogP contribution in [0.15, 0.2) is 0 Å². The topological polar surface area (TPSA) is 172 Å². The van der Waals surface area contributed by atoms with Gasteiger partial charge in [0.25, 0.3) is 0 Å². The van der Waals surface area contributed by atoms with Gasteiger partial charge in [-0.25, -0.2) is 0 Å². The number of ketones is 1. The predicted octanol–water partition coefficient (Wildman–Crippen LogP) is 5.42. The summed E-state index contributed by atoms with van der Waals surface area (Å²) in [5, 5.41) is 11.4. The van der Waals surface area contributed by atoms with Gasteiger partial charge in [-0.1, -0.05) is 54.9 Å². The van der Waals surface area contributed by atoms with Crippen molar-refractivity contribution in [1.29, 1.82) is 0 Å². The Morgan fingerprint density at radius 2 is 1.48 bits per heavy atom. The van der Waals surface area contributed by atoms with Gasteiger partial charge in [0.2, 0.25) is 0 Å². The number of aliphatic hydroxyl groups is 1. The first kappa shape index (κ1) is 48.2. The zero-order valence-corrected chi connectivity index (χ0v) is 36.5. The zero-order valence-electron chi connectivity index (χ0n) is 36.5. The Morgan fingerprint density at radius 3 is 2.04 bits per heavy atom. The van der Waals surface area contributed by atoms with E-state index in [0.717, 1.165) is 0 Å². The van der Waals surface area contributed by atoms with Crippen LogP contribution in [-0.2, 0) is 61.8 Å². The fourth-order valence-corrected chi connectivity index (χ4v) is 9.14. The summed E-state index contributed by atoms with van der Waals surface area (Å²) in [6.45, 7) is 23.2. The van der Waals surface area contributed by atoms with Gasteiger partial charge in [-0.05, 0) is 46.0 Å². The number of cyclic esters (lactones) is 1. The molecule has 1 unspecified atom stereocenters. The quantitative estimate of drug-likeness (QED) is 0.219. The summed E-state index contributed by atoms with van der Waals surface area (Å²) in [6.07, 6.45) is -6.84. The molecule has 3 heterocycles. The minimum Gasteiger partial charge on any atom is -0.461 e. The van der Waals surface area contributed by atoms with Gasteiger partial charge in [0.1, 0.15) is 29.7 Å². The molecule has 0 spiro atoms. The maximum absolute atomic E-state index is 14.5. The number of rotatable bonds is 10. The van der Waals surface area contributed by atoms with Gasteiger partial charge in [0.15, 0.2) is 18.7 Å². The second-order valence-corrected chi connectivity index (χ2v) is 17.2. The van der Waals surface area contributed by atoms with Gasteiger partial charge in [-0.3, -0.25) is 19.2 Å². The highest BCUT2D eigenvalue weighted by atomic mass is 16.7. The molecule has 14 heteroatoms. The Bertz CT molecular complexity index is 1310. The summed E-state index contributed by atoms with van der Waals surface area (Å²) in [5.74, 6) is -5.31. The van der Waals surface area contributed by atoms with E-state index in [4.69, 9.17) is 42.6 Å². The van der Waals surface area contributed by atoms with Crippen molar-refractivity contribution in [3.63, 3.8) is 0 Å². The van der Waals surface area contributed by atoms with Crippen LogP contribution < -0.4 is 0 Å². The first-order valence-electron chi connectivity index (χ1n) is 20.6. The highest BCUT2D eigenvalue weighted by Gasteiger charge is 2.52. The van der Waals surface area contributed by atoms with Crippen LogP contribution in [0, 0.1) is 41.4 Å². The van der Waals surface area contributed by atoms with Crippen molar-refractivity contribution >= 4 is 23.7 Å². The van der Waals surface area contributed by atoms with Crippen molar-refractivity contribution in [3.05, 3.63) is 0 Å². The molecule has 3 rings (SSSR count). The highest BCUT2D eigenvalue weighted by Crippen LogP contribution is 2.40. The van der Waals surface area contributed by atoms with Gasteiger partial charge in [0.05, 0.1) is 42.4 Å². The van der Waals surface area contributed by atoms with Crippen LogP contribution in [0.1, 0.15) is 116 Å². The molecule has 3 aliphatic heterocycles. The Balaban J connectivity index is 2.19. The van der Waals surface area contributed by atoms with Crippen molar-refractivity contribution in [3.8, 4) is 0 Å². The molecule has 0 saturated carbocycles. The lowest BCUT2D eigenvalue weighted by atomic mass is 9.75. The number of Topliss-reactive ketones (excluding diaryl/α,β-unsaturated/α-hetero) is 1. The van der Waals surface area contributed by atoms with Crippen LogP contribution in [0.4, 0.5) is 0 Å². The molecule has 19 atom stereocenters. The molecule has 0 aromatic rings. The zero-order chi connectivity index (χ0) is 42.4. The first-order chi connectivity index (χ1) is 26.1. The summed E-state index contributed by atoms with van der Waals surface area (Å²) in [6, 6.07) is 0. The maximum atomic E-state index is 14.5. The molecule has 3 fully saturated rings. The molecule has 14 nitrogen and oxygen atoms in total. The van der Waals surface area contributed by atoms with Gasteiger partial charge < -0.3 is 47.7 Å². The molecular weight excluding hydrogens is 728 g/mol. The van der Waals surface area contributed by atoms with Crippen molar-refractivity contribution in [2.75, 3.05) is 14.2 Å². The molecule has 0 bridgehead atoms. The molecule has 0 aromatic carbocycles. The number of ether oxygens (including phenoxy) is 9. The fraction of sp³-hybridized carbons (Fsp3) is 0.905. The average Bonchev–Trinajstić information content (AvgIpc) is 3.14. The minimum atomic E-state index is -1.12. The lowest BCUT2D eigenvalue weighted by molar-refractivity contribution is -0.313. The monoisotopic (exact) mass is 800 g/mol. The number of methoxy groups -OCH3 is 2. The lowest BCUT2D eigenvalue weighted by Gasteiger charge is -2.48. The van der Waals surface area contributed by atoms with Crippen molar-refractivity contribution in [2.24, 2.45) is 41.4 Å².